The number of rotatable bonds is 5. The summed E-state index contributed by atoms with van der Waals surface area (Å²) in [6, 6.07) is 12.5. The maximum absolute atomic E-state index is 13.7. The Kier molecular flexibility index (Phi) is 12.1. The van der Waals surface area contributed by atoms with Gasteiger partial charge in [0.05, 0.1) is 17.5 Å². The van der Waals surface area contributed by atoms with Gasteiger partial charge < -0.3 is 31.6 Å². The van der Waals surface area contributed by atoms with Crippen molar-refractivity contribution < 1.29 is 57.7 Å². The average Bonchev–Trinajstić information content (AvgIpc) is 2.84. The Bertz CT molecular complexity index is 1540. The van der Waals surface area contributed by atoms with Crippen LogP contribution in [0.2, 0.25) is 0 Å². The molecule has 1 aliphatic rings. The molecule has 0 bridgehead atoms. The number of nitrogens with zero attached hydrogens (tertiary/aromatic N) is 2. The molecule has 1 aliphatic heterocycles. The van der Waals surface area contributed by atoms with Crippen LogP contribution < -0.4 is 29.5 Å². The van der Waals surface area contributed by atoms with Crippen molar-refractivity contribution in [3.63, 3.8) is 0 Å². The molecule has 1 atom stereocenters. The van der Waals surface area contributed by atoms with Gasteiger partial charge in [0, 0.05) is 25.3 Å². The normalized spacial score (nSPS) is 15.1. The Morgan fingerprint density at radius 1 is 0.927 bits per heavy atom. The van der Waals surface area contributed by atoms with Crippen LogP contribution >= 0.6 is 0 Å². The zero-order valence-electron chi connectivity index (χ0n) is 23.6. The molecule has 1 fully saturated rings. The second-order valence-corrected chi connectivity index (χ2v) is 11.6. The molecule has 3 aromatic carbocycles. The Morgan fingerprint density at radius 3 is 2.02 bits per heavy atom. The molecule has 0 aromatic heterocycles. The van der Waals surface area contributed by atoms with Crippen LogP contribution in [0.1, 0.15) is 27.0 Å². The number of aryl methyl sites for hydroxylation is 3. The van der Waals surface area contributed by atoms with Crippen molar-refractivity contribution in [2.75, 3.05) is 36.5 Å². The SMILES string of the molecule is Cc1cc(C)c(NC(=O)Nc2cc3ccccc3cc2C(=O)N2CCN(S(C)(=O)=O)C[C@H]2C(=O)O)c(C)c1.O.[Li+].[OH-]. The zero-order chi connectivity index (χ0) is 27.8. The molecule has 3 aromatic rings. The first-order valence-electron chi connectivity index (χ1n) is 12.0. The maximum atomic E-state index is 13.7. The van der Waals surface area contributed by atoms with Gasteiger partial charge in [-0.15, -0.1) is 0 Å². The van der Waals surface area contributed by atoms with Crippen molar-refractivity contribution in [2.45, 2.75) is 26.8 Å². The number of urea groups is 1. The molecule has 1 heterocycles. The zero-order valence-corrected chi connectivity index (χ0v) is 24.4. The summed E-state index contributed by atoms with van der Waals surface area (Å²) < 4.78 is 25.1. The van der Waals surface area contributed by atoms with Crippen LogP contribution in [-0.4, -0.2) is 83.5 Å². The third kappa shape index (κ3) is 7.85. The fraction of sp³-hybridized carbons (Fsp3) is 0.296. The predicted octanol–water partition coefficient (Wildman–Crippen LogP) is -0.418. The van der Waals surface area contributed by atoms with Crippen molar-refractivity contribution in [1.29, 1.82) is 0 Å². The minimum atomic E-state index is -3.63. The first-order chi connectivity index (χ1) is 17.8. The van der Waals surface area contributed by atoms with Gasteiger partial charge in [-0.05, 0) is 54.8 Å². The molecule has 0 radical (unpaired) electrons. The van der Waals surface area contributed by atoms with E-state index >= 15 is 0 Å². The molecule has 0 spiro atoms. The summed E-state index contributed by atoms with van der Waals surface area (Å²) in [6.07, 6.45) is 1.00. The molecule has 0 saturated carbocycles. The number of piperazine rings is 1. The summed E-state index contributed by atoms with van der Waals surface area (Å²) in [5, 5.41) is 16.9. The molecule has 0 unspecified atom stereocenters. The van der Waals surface area contributed by atoms with Gasteiger partial charge in [0.25, 0.3) is 5.91 Å². The molecule has 12 nitrogen and oxygen atoms in total. The van der Waals surface area contributed by atoms with Crippen molar-refractivity contribution in [3.8, 4) is 0 Å². The van der Waals surface area contributed by atoms with Crippen molar-refractivity contribution in [2.24, 2.45) is 0 Å². The third-order valence-corrected chi connectivity index (χ3v) is 7.91. The molecule has 216 valence electrons. The second-order valence-electron chi connectivity index (χ2n) is 9.57. The van der Waals surface area contributed by atoms with E-state index in [-0.39, 0.29) is 60.7 Å². The number of amides is 3. The average molecular weight is 581 g/mol. The summed E-state index contributed by atoms with van der Waals surface area (Å²) in [4.78, 5) is 40.0. The Balaban J connectivity index is 0.00000280. The number of anilines is 2. The number of benzene rings is 3. The number of carboxylic acid groups (broad SMARTS) is 1. The van der Waals surface area contributed by atoms with E-state index in [9.17, 15) is 27.9 Å². The summed E-state index contributed by atoms with van der Waals surface area (Å²) in [7, 11) is -3.63. The van der Waals surface area contributed by atoms with Crippen LogP contribution in [0.15, 0.2) is 48.5 Å². The molecule has 3 amide bonds. The smallest absolute Gasteiger partial charge is 0.870 e. The van der Waals surface area contributed by atoms with Gasteiger partial charge in [0.15, 0.2) is 0 Å². The second kappa shape index (κ2) is 14.0. The van der Waals surface area contributed by atoms with E-state index in [1.165, 1.54) is 0 Å². The first-order valence-corrected chi connectivity index (χ1v) is 13.9. The number of sulfonamides is 1. The maximum Gasteiger partial charge on any atom is 1.00 e. The molecule has 0 aliphatic carbocycles. The standard InChI is InChI=1S/C27H30N4O6S.Li.2H2O/c1-16-11-17(2)24(18(3)12-16)29-27(35)28-22-14-20-8-6-5-7-19(20)13-21(22)25(32)31-10-9-30(38(4,36)37)15-23(31)26(33)34;;;/h5-8,11-14,23H,9-10,15H2,1-4H3,(H,33,34)(H2,28,29,35);;2*1H2/q;+1;;/p-1/t23-;;;/m0.../s1. The molecule has 14 heteroatoms. The van der Waals surface area contributed by atoms with Gasteiger partial charge in [-0.2, -0.15) is 4.31 Å². The molecule has 4 rings (SSSR count). The molecule has 1 saturated heterocycles. The number of nitrogens with one attached hydrogen (secondary N) is 2. The summed E-state index contributed by atoms with van der Waals surface area (Å²) in [5.74, 6) is -1.93. The number of carboxylic acids is 1. The first kappa shape index (κ1) is 35.6. The van der Waals surface area contributed by atoms with E-state index in [2.05, 4.69) is 10.6 Å². The number of hydrogen-bond donors (Lipinski definition) is 3. The Hall–Kier alpha value is -3.44. The monoisotopic (exact) mass is 580 g/mol. The van der Waals surface area contributed by atoms with Crippen LogP contribution in [0.25, 0.3) is 10.8 Å². The van der Waals surface area contributed by atoms with E-state index in [1.807, 2.05) is 57.2 Å². The number of aliphatic carboxylic acids is 1. The van der Waals surface area contributed by atoms with Gasteiger partial charge in [-0.3, -0.25) is 4.79 Å². The van der Waals surface area contributed by atoms with E-state index < -0.39 is 34.0 Å². The number of carbonyl (C=O) groups is 3. The summed E-state index contributed by atoms with van der Waals surface area (Å²) >= 11 is 0. The van der Waals surface area contributed by atoms with Crippen molar-refractivity contribution >= 4 is 50.1 Å². The fourth-order valence-corrected chi connectivity index (χ4v) is 5.66. The largest absolute Gasteiger partial charge is 1.00 e. The van der Waals surface area contributed by atoms with Gasteiger partial charge in [-0.25, -0.2) is 18.0 Å². The number of fused-ring (bicyclic) bond motifs is 1. The quantitative estimate of drug-likeness (QED) is 0.341. The Morgan fingerprint density at radius 2 is 1.49 bits per heavy atom. The van der Waals surface area contributed by atoms with Crippen LogP contribution in [0.5, 0.6) is 0 Å². The van der Waals surface area contributed by atoms with Gasteiger partial charge >= 0.3 is 30.9 Å². The van der Waals surface area contributed by atoms with Gasteiger partial charge in [0.1, 0.15) is 6.04 Å². The van der Waals surface area contributed by atoms with E-state index in [0.29, 0.717) is 5.69 Å². The van der Waals surface area contributed by atoms with E-state index in [4.69, 9.17) is 0 Å². The van der Waals surface area contributed by atoms with Crippen LogP contribution in [0.3, 0.4) is 0 Å². The third-order valence-electron chi connectivity index (χ3n) is 6.64. The Labute approximate surface area is 250 Å². The number of hydrogen-bond acceptors (Lipinski definition) is 6. The predicted molar refractivity (Wildman–Crippen MR) is 152 cm³/mol. The number of carbonyl (C=O) groups excluding carboxylic acids is 2. The molecular weight excluding hydrogens is 547 g/mol. The summed E-state index contributed by atoms with van der Waals surface area (Å²) in [6.45, 7) is 5.26. The topological polar surface area (TPSA) is 198 Å². The fourth-order valence-electron chi connectivity index (χ4n) is 4.83. The van der Waals surface area contributed by atoms with E-state index in [0.717, 1.165) is 42.9 Å². The minimum absolute atomic E-state index is 0. The molecular formula is C27H33LiN4O8S. The van der Waals surface area contributed by atoms with Gasteiger partial charge in [0.2, 0.25) is 10.0 Å². The van der Waals surface area contributed by atoms with Crippen LogP contribution in [0, 0.1) is 20.8 Å². The molecule has 41 heavy (non-hydrogen) atoms. The van der Waals surface area contributed by atoms with Crippen LogP contribution in [0.4, 0.5) is 16.2 Å². The van der Waals surface area contributed by atoms with E-state index in [1.54, 1.807) is 12.1 Å². The van der Waals surface area contributed by atoms with Crippen molar-refractivity contribution in [3.05, 3.63) is 70.8 Å². The minimum Gasteiger partial charge on any atom is -0.870 e. The molecule has 6 N–H and O–H groups in total. The van der Waals surface area contributed by atoms with Gasteiger partial charge in [-0.1, -0.05) is 42.0 Å². The van der Waals surface area contributed by atoms with Crippen LogP contribution in [-0.2, 0) is 14.8 Å². The summed E-state index contributed by atoms with van der Waals surface area (Å²) in [5.41, 5.74) is 3.82. The van der Waals surface area contributed by atoms with Crippen molar-refractivity contribution in [1.82, 2.24) is 9.21 Å².